The number of benzene rings is 1. The molecule has 1 heterocycles. The Hall–Kier alpha value is -1.21. The molecule has 2 rings (SSSR count). The van der Waals surface area contributed by atoms with E-state index in [-0.39, 0.29) is 10.6 Å². The lowest BCUT2D eigenvalue weighted by Gasteiger charge is -2.24. The number of hydrogen-bond donors (Lipinski definition) is 0. The van der Waals surface area contributed by atoms with Crippen LogP contribution in [0.25, 0.3) is 0 Å². The van der Waals surface area contributed by atoms with E-state index in [0.717, 1.165) is 31.0 Å². The SMILES string of the molecule is CC1(C)CCN(c2cc(F)cc(C#N)c2)CCS1. The maximum atomic E-state index is 13.4. The summed E-state index contributed by atoms with van der Waals surface area (Å²) >= 11 is 1.95. The van der Waals surface area contributed by atoms with Crippen LogP contribution >= 0.6 is 11.8 Å². The van der Waals surface area contributed by atoms with E-state index in [1.165, 1.54) is 12.1 Å². The summed E-state index contributed by atoms with van der Waals surface area (Å²) in [6.45, 7) is 6.30. The third kappa shape index (κ3) is 3.17. The van der Waals surface area contributed by atoms with E-state index in [4.69, 9.17) is 5.26 Å². The van der Waals surface area contributed by atoms with E-state index in [0.29, 0.717) is 5.56 Å². The van der Waals surface area contributed by atoms with Gasteiger partial charge in [-0.25, -0.2) is 4.39 Å². The fourth-order valence-corrected chi connectivity index (χ4v) is 3.20. The summed E-state index contributed by atoms with van der Waals surface area (Å²) in [5.41, 5.74) is 1.21. The van der Waals surface area contributed by atoms with Crippen molar-refractivity contribution in [2.45, 2.75) is 25.0 Å². The average Bonchev–Trinajstić information content (AvgIpc) is 2.49. The van der Waals surface area contributed by atoms with Crippen molar-refractivity contribution < 1.29 is 4.39 Å². The third-order valence-corrected chi connectivity index (χ3v) is 4.59. The van der Waals surface area contributed by atoms with Crippen molar-refractivity contribution in [3.8, 4) is 6.07 Å². The van der Waals surface area contributed by atoms with Crippen LogP contribution in [0.4, 0.5) is 10.1 Å². The first-order valence-electron chi connectivity index (χ1n) is 6.10. The standard InChI is InChI=1S/C14H17FN2S/c1-14(2)3-4-17(5-6-18-14)13-8-11(10-16)7-12(15)9-13/h7-9H,3-6H2,1-2H3. The summed E-state index contributed by atoms with van der Waals surface area (Å²) in [5, 5.41) is 8.88. The zero-order valence-electron chi connectivity index (χ0n) is 10.7. The van der Waals surface area contributed by atoms with Crippen molar-refractivity contribution >= 4 is 17.4 Å². The molecule has 1 fully saturated rings. The van der Waals surface area contributed by atoms with E-state index in [2.05, 4.69) is 18.7 Å². The molecular formula is C14H17FN2S. The van der Waals surface area contributed by atoms with Gasteiger partial charge in [0.25, 0.3) is 0 Å². The fraction of sp³-hybridized carbons (Fsp3) is 0.500. The molecule has 1 aliphatic rings. The number of anilines is 1. The Kier molecular flexibility index (Phi) is 3.82. The van der Waals surface area contributed by atoms with Gasteiger partial charge in [0.1, 0.15) is 5.82 Å². The molecule has 1 saturated heterocycles. The van der Waals surface area contributed by atoms with E-state index >= 15 is 0 Å². The smallest absolute Gasteiger partial charge is 0.126 e. The Morgan fingerprint density at radius 2 is 2.11 bits per heavy atom. The van der Waals surface area contributed by atoms with Crippen LogP contribution in [0.1, 0.15) is 25.8 Å². The number of rotatable bonds is 1. The molecule has 0 aliphatic carbocycles. The van der Waals surface area contributed by atoms with Crippen LogP contribution in [0.15, 0.2) is 18.2 Å². The molecule has 0 spiro atoms. The molecule has 2 nitrogen and oxygen atoms in total. The first-order chi connectivity index (χ1) is 8.50. The Balaban J connectivity index is 2.21. The highest BCUT2D eigenvalue weighted by molar-refractivity contribution is 8.00. The third-order valence-electron chi connectivity index (χ3n) is 3.21. The average molecular weight is 264 g/mol. The van der Waals surface area contributed by atoms with Gasteiger partial charge in [0.2, 0.25) is 0 Å². The molecule has 0 N–H and O–H groups in total. The minimum Gasteiger partial charge on any atom is -0.371 e. The van der Waals surface area contributed by atoms with Crippen molar-refractivity contribution in [2.24, 2.45) is 0 Å². The summed E-state index contributed by atoms with van der Waals surface area (Å²) in [6, 6.07) is 6.57. The van der Waals surface area contributed by atoms with E-state index in [1.54, 1.807) is 6.07 Å². The first kappa shape index (κ1) is 13.2. The second-order valence-corrected chi connectivity index (χ2v) is 6.96. The van der Waals surface area contributed by atoms with Crippen molar-refractivity contribution in [3.63, 3.8) is 0 Å². The molecule has 1 aliphatic heterocycles. The highest BCUT2D eigenvalue weighted by Gasteiger charge is 2.24. The van der Waals surface area contributed by atoms with Crippen molar-refractivity contribution in [1.29, 1.82) is 5.26 Å². The lowest BCUT2D eigenvalue weighted by Crippen LogP contribution is -2.27. The fourth-order valence-electron chi connectivity index (χ4n) is 2.10. The van der Waals surface area contributed by atoms with Crippen LogP contribution in [-0.2, 0) is 0 Å². The largest absolute Gasteiger partial charge is 0.371 e. The molecular weight excluding hydrogens is 247 g/mol. The maximum Gasteiger partial charge on any atom is 0.126 e. The minimum atomic E-state index is -0.333. The topological polar surface area (TPSA) is 27.0 Å². The zero-order chi connectivity index (χ0) is 13.2. The van der Waals surface area contributed by atoms with Gasteiger partial charge < -0.3 is 4.90 Å². The predicted octanol–water partition coefficient (Wildman–Crippen LogP) is 3.42. The second-order valence-electron chi connectivity index (χ2n) is 5.16. The maximum absolute atomic E-state index is 13.4. The molecule has 1 aromatic rings. The van der Waals surface area contributed by atoms with Crippen molar-refractivity contribution in [1.82, 2.24) is 0 Å². The number of nitrogens with zero attached hydrogens (tertiary/aromatic N) is 2. The van der Waals surface area contributed by atoms with Crippen molar-refractivity contribution in [3.05, 3.63) is 29.6 Å². The summed E-state index contributed by atoms with van der Waals surface area (Å²) in [6.07, 6.45) is 1.07. The van der Waals surface area contributed by atoms with Gasteiger partial charge in [-0.15, -0.1) is 0 Å². The van der Waals surface area contributed by atoms with Gasteiger partial charge in [-0.2, -0.15) is 17.0 Å². The van der Waals surface area contributed by atoms with Crippen LogP contribution in [0.3, 0.4) is 0 Å². The van der Waals surface area contributed by atoms with Crippen LogP contribution in [0.5, 0.6) is 0 Å². The van der Waals surface area contributed by atoms with E-state index in [1.807, 2.05) is 17.8 Å². The van der Waals surface area contributed by atoms with Crippen LogP contribution in [-0.4, -0.2) is 23.6 Å². The Labute approximate surface area is 112 Å². The molecule has 0 radical (unpaired) electrons. The molecule has 0 amide bonds. The molecule has 1 aromatic carbocycles. The molecule has 96 valence electrons. The Morgan fingerprint density at radius 3 is 2.83 bits per heavy atom. The van der Waals surface area contributed by atoms with Gasteiger partial charge in [0.05, 0.1) is 11.6 Å². The number of halogens is 1. The summed E-state index contributed by atoms with van der Waals surface area (Å²) in [7, 11) is 0. The predicted molar refractivity (Wildman–Crippen MR) is 74.5 cm³/mol. The molecule has 0 unspecified atom stereocenters. The highest BCUT2D eigenvalue weighted by atomic mass is 32.2. The summed E-state index contributed by atoms with van der Waals surface area (Å²) < 4.78 is 13.7. The highest BCUT2D eigenvalue weighted by Crippen LogP contribution is 2.32. The van der Waals surface area contributed by atoms with E-state index in [9.17, 15) is 4.39 Å². The molecule has 0 bridgehead atoms. The Bertz CT molecular complexity index is 479. The first-order valence-corrected chi connectivity index (χ1v) is 7.08. The number of hydrogen-bond acceptors (Lipinski definition) is 3. The molecule has 0 saturated carbocycles. The zero-order valence-corrected chi connectivity index (χ0v) is 11.6. The van der Waals surface area contributed by atoms with Crippen LogP contribution < -0.4 is 4.90 Å². The van der Waals surface area contributed by atoms with Gasteiger partial charge in [0.15, 0.2) is 0 Å². The summed E-state index contributed by atoms with van der Waals surface area (Å²) in [5.74, 6) is 0.700. The lowest BCUT2D eigenvalue weighted by molar-refractivity contribution is 0.620. The van der Waals surface area contributed by atoms with Crippen molar-refractivity contribution in [2.75, 3.05) is 23.7 Å². The number of thioether (sulfide) groups is 1. The van der Waals surface area contributed by atoms with Gasteiger partial charge in [0, 0.05) is 29.3 Å². The molecule has 4 heteroatoms. The van der Waals surface area contributed by atoms with Crippen LogP contribution in [0, 0.1) is 17.1 Å². The number of nitriles is 1. The van der Waals surface area contributed by atoms with Crippen LogP contribution in [0.2, 0.25) is 0 Å². The monoisotopic (exact) mass is 264 g/mol. The minimum absolute atomic E-state index is 0.278. The van der Waals surface area contributed by atoms with E-state index < -0.39 is 0 Å². The van der Waals surface area contributed by atoms with Gasteiger partial charge >= 0.3 is 0 Å². The second kappa shape index (κ2) is 5.19. The van der Waals surface area contributed by atoms with Gasteiger partial charge in [-0.1, -0.05) is 13.8 Å². The molecule has 0 aromatic heterocycles. The quantitative estimate of drug-likeness (QED) is 0.777. The normalized spacial score (nSPS) is 19.1. The van der Waals surface area contributed by atoms with Gasteiger partial charge in [-0.3, -0.25) is 0 Å². The Morgan fingerprint density at radius 1 is 1.33 bits per heavy atom. The molecule has 0 atom stereocenters. The van der Waals surface area contributed by atoms with Gasteiger partial charge in [-0.05, 0) is 24.6 Å². The molecule has 18 heavy (non-hydrogen) atoms. The lowest BCUT2D eigenvalue weighted by atomic mass is 10.1. The summed E-state index contributed by atoms with van der Waals surface area (Å²) in [4.78, 5) is 2.17.